The van der Waals surface area contributed by atoms with Crippen LogP contribution in [0.2, 0.25) is 0 Å². The fraction of sp³-hybridized carbons (Fsp3) is 0.923. The Hall–Kier alpha value is -1.18. The maximum Gasteiger partial charge on any atom is 0.229 e. The number of nitrogens with one attached hydrogen (secondary N) is 1. The van der Waals surface area contributed by atoms with Crippen LogP contribution in [0.1, 0.15) is 73.1 Å². The van der Waals surface area contributed by atoms with Crippen molar-refractivity contribution in [3.8, 4) is 0 Å². The zero-order chi connectivity index (χ0) is 24.0. The van der Waals surface area contributed by atoms with E-state index >= 15 is 0 Å². The summed E-state index contributed by atoms with van der Waals surface area (Å²) >= 11 is 0. The number of ether oxygens (including phenoxy) is 2. The van der Waals surface area contributed by atoms with Crippen LogP contribution in [-0.4, -0.2) is 85.3 Å². The summed E-state index contributed by atoms with van der Waals surface area (Å²) in [5.74, 6) is 0.866. The Morgan fingerprint density at radius 3 is 2.45 bits per heavy atom. The Balaban J connectivity index is 1.39. The van der Waals surface area contributed by atoms with Crippen molar-refractivity contribution in [3.63, 3.8) is 0 Å². The molecule has 3 heterocycles. The predicted molar refractivity (Wildman–Crippen MR) is 128 cm³/mol. The van der Waals surface area contributed by atoms with E-state index in [1.165, 1.54) is 0 Å². The lowest BCUT2D eigenvalue weighted by molar-refractivity contribution is -0.150. The van der Waals surface area contributed by atoms with E-state index in [1.54, 1.807) is 7.11 Å². The summed E-state index contributed by atoms with van der Waals surface area (Å²) in [6.07, 6.45) is 5.38. The van der Waals surface area contributed by atoms with Crippen LogP contribution in [-0.2, 0) is 19.1 Å². The number of carbonyl (C=O) groups is 2. The van der Waals surface area contributed by atoms with Gasteiger partial charge >= 0.3 is 0 Å². The topological polar surface area (TPSA) is 71.1 Å². The second-order valence-corrected chi connectivity index (χ2v) is 12.4. The molecule has 4 aliphatic rings. The highest BCUT2D eigenvalue weighted by Crippen LogP contribution is 2.48. The Morgan fingerprint density at radius 1 is 1.15 bits per heavy atom. The molecular formula is C26H45N3O4. The van der Waals surface area contributed by atoms with Crippen LogP contribution in [0, 0.1) is 16.7 Å². The second kappa shape index (κ2) is 9.46. The van der Waals surface area contributed by atoms with Gasteiger partial charge in [0.1, 0.15) is 0 Å². The number of fused-ring (bicyclic) bond motifs is 2. The molecular weight excluding hydrogens is 418 g/mol. The molecule has 2 bridgehead atoms. The third-order valence-corrected chi connectivity index (χ3v) is 8.64. The normalized spacial score (nSPS) is 36.8. The maximum atomic E-state index is 14.0. The van der Waals surface area contributed by atoms with Gasteiger partial charge in [-0.1, -0.05) is 34.6 Å². The summed E-state index contributed by atoms with van der Waals surface area (Å²) in [7, 11) is 1.75. The van der Waals surface area contributed by atoms with Gasteiger partial charge < -0.3 is 24.6 Å². The van der Waals surface area contributed by atoms with Crippen molar-refractivity contribution in [2.75, 3.05) is 33.4 Å². The standard InChI is InChI=1S/C26H45N3O4/c1-17(2)26(9-7-18(12-26)27-21-8-10-33-16-22(21)32-6)24(31)29-15-19-11-20(29)14-28(19)23(30)13-25(3,4)5/h17-22,27H,7-16H2,1-6H3/t18-,19+,20+,21+,22-,26+/m1/s1. The minimum absolute atomic E-state index is 0.00569. The van der Waals surface area contributed by atoms with Gasteiger partial charge in [0.25, 0.3) is 0 Å². The molecule has 0 aromatic rings. The Morgan fingerprint density at radius 2 is 1.85 bits per heavy atom. The van der Waals surface area contributed by atoms with Crippen molar-refractivity contribution >= 4 is 11.8 Å². The number of carbonyl (C=O) groups excluding carboxylic acids is 2. The van der Waals surface area contributed by atoms with E-state index < -0.39 is 0 Å². The summed E-state index contributed by atoms with van der Waals surface area (Å²) in [5, 5.41) is 3.82. The highest BCUT2D eigenvalue weighted by atomic mass is 16.5. The third kappa shape index (κ3) is 4.96. The zero-order valence-corrected chi connectivity index (χ0v) is 21.6. The van der Waals surface area contributed by atoms with Crippen molar-refractivity contribution in [2.24, 2.45) is 16.7 Å². The van der Waals surface area contributed by atoms with Gasteiger partial charge in [-0.05, 0) is 43.4 Å². The van der Waals surface area contributed by atoms with Crippen LogP contribution >= 0.6 is 0 Å². The highest BCUT2D eigenvalue weighted by Gasteiger charge is 2.55. The molecule has 0 aromatic carbocycles. The molecule has 6 atom stereocenters. The van der Waals surface area contributed by atoms with Gasteiger partial charge in [0.05, 0.1) is 30.2 Å². The smallest absolute Gasteiger partial charge is 0.229 e. The van der Waals surface area contributed by atoms with Crippen LogP contribution in [0.3, 0.4) is 0 Å². The summed E-state index contributed by atoms with van der Waals surface area (Å²) in [6, 6.07) is 0.999. The lowest BCUT2D eigenvalue weighted by Crippen LogP contribution is -2.56. The van der Waals surface area contributed by atoms with Gasteiger partial charge in [0.15, 0.2) is 0 Å². The van der Waals surface area contributed by atoms with Crippen LogP contribution in [0.4, 0.5) is 0 Å². The summed E-state index contributed by atoms with van der Waals surface area (Å²) < 4.78 is 11.2. The number of amides is 2. The molecule has 0 radical (unpaired) electrons. The number of nitrogens with zero attached hydrogens (tertiary/aromatic N) is 2. The fourth-order valence-corrected chi connectivity index (χ4v) is 6.68. The molecule has 4 rings (SSSR count). The maximum absolute atomic E-state index is 14.0. The Labute approximate surface area is 199 Å². The average Bonchev–Trinajstić information content (AvgIpc) is 3.47. The van der Waals surface area contributed by atoms with Crippen molar-refractivity contribution < 1.29 is 19.1 Å². The minimum Gasteiger partial charge on any atom is -0.379 e. The number of piperazine rings is 1. The van der Waals surface area contributed by atoms with E-state index in [-0.39, 0.29) is 41.0 Å². The molecule has 2 amide bonds. The lowest BCUT2D eigenvalue weighted by Gasteiger charge is -2.42. The van der Waals surface area contributed by atoms with Crippen LogP contribution in [0.5, 0.6) is 0 Å². The van der Waals surface area contributed by atoms with E-state index in [1.807, 2.05) is 0 Å². The van der Waals surface area contributed by atoms with E-state index in [0.29, 0.717) is 44.0 Å². The number of hydrogen-bond donors (Lipinski definition) is 1. The van der Waals surface area contributed by atoms with Gasteiger partial charge in [-0.2, -0.15) is 0 Å². The first-order valence-electron chi connectivity index (χ1n) is 13.0. The molecule has 188 valence electrons. The number of methoxy groups -OCH3 is 1. The Kier molecular flexibility index (Phi) is 7.15. The summed E-state index contributed by atoms with van der Waals surface area (Å²) in [4.78, 5) is 31.0. The first-order chi connectivity index (χ1) is 15.5. The number of hydrogen-bond acceptors (Lipinski definition) is 5. The third-order valence-electron chi connectivity index (χ3n) is 8.64. The van der Waals surface area contributed by atoms with E-state index in [9.17, 15) is 9.59 Å². The van der Waals surface area contributed by atoms with Crippen LogP contribution < -0.4 is 5.32 Å². The quantitative estimate of drug-likeness (QED) is 0.656. The van der Waals surface area contributed by atoms with Crippen LogP contribution in [0.25, 0.3) is 0 Å². The number of rotatable bonds is 6. The van der Waals surface area contributed by atoms with Crippen molar-refractivity contribution in [1.29, 1.82) is 0 Å². The van der Waals surface area contributed by atoms with E-state index in [0.717, 1.165) is 38.7 Å². The van der Waals surface area contributed by atoms with E-state index in [2.05, 4.69) is 49.7 Å². The lowest BCUT2D eigenvalue weighted by atomic mass is 9.74. The molecule has 4 fully saturated rings. The van der Waals surface area contributed by atoms with Gasteiger partial charge in [0, 0.05) is 45.3 Å². The summed E-state index contributed by atoms with van der Waals surface area (Å²) in [6.45, 7) is 13.6. The fourth-order valence-electron chi connectivity index (χ4n) is 6.68. The first-order valence-corrected chi connectivity index (χ1v) is 13.0. The molecule has 3 saturated heterocycles. The van der Waals surface area contributed by atoms with Crippen LogP contribution in [0.15, 0.2) is 0 Å². The van der Waals surface area contributed by atoms with Gasteiger partial charge in [-0.15, -0.1) is 0 Å². The summed E-state index contributed by atoms with van der Waals surface area (Å²) in [5.41, 5.74) is -0.315. The number of likely N-dealkylation sites (tertiary alicyclic amines) is 2. The molecule has 1 saturated carbocycles. The van der Waals surface area contributed by atoms with Crippen molar-refractivity contribution in [3.05, 3.63) is 0 Å². The molecule has 7 heteroatoms. The SMILES string of the molecule is CO[C@@H]1COCC[C@@H]1N[C@@H]1CC[C@@](C(=O)N2C[C@@H]3C[C@H]2CN3C(=O)CC(C)(C)C)(C(C)C)C1. The molecule has 0 aromatic heterocycles. The molecule has 0 unspecified atom stereocenters. The molecule has 7 nitrogen and oxygen atoms in total. The largest absolute Gasteiger partial charge is 0.379 e. The van der Waals surface area contributed by atoms with Gasteiger partial charge in [0.2, 0.25) is 11.8 Å². The van der Waals surface area contributed by atoms with E-state index in [4.69, 9.17) is 9.47 Å². The molecule has 1 N–H and O–H groups in total. The molecule has 33 heavy (non-hydrogen) atoms. The molecule has 1 aliphatic carbocycles. The van der Waals surface area contributed by atoms with Gasteiger partial charge in [-0.3, -0.25) is 9.59 Å². The highest BCUT2D eigenvalue weighted by molar-refractivity contribution is 5.85. The zero-order valence-electron chi connectivity index (χ0n) is 21.6. The minimum atomic E-state index is -0.309. The van der Waals surface area contributed by atoms with Gasteiger partial charge in [-0.25, -0.2) is 0 Å². The van der Waals surface area contributed by atoms with Crippen molar-refractivity contribution in [1.82, 2.24) is 15.1 Å². The average molecular weight is 464 g/mol. The predicted octanol–water partition coefficient (Wildman–Crippen LogP) is 2.82. The molecule has 0 spiro atoms. The first kappa shape index (κ1) is 24.9. The van der Waals surface area contributed by atoms with Crippen molar-refractivity contribution in [2.45, 2.75) is 103 Å². The molecule has 3 aliphatic heterocycles. The Bertz CT molecular complexity index is 736. The second-order valence-electron chi connectivity index (χ2n) is 12.4. The monoisotopic (exact) mass is 463 g/mol.